The van der Waals surface area contributed by atoms with Crippen molar-refractivity contribution in [2.45, 2.75) is 31.4 Å². The fourth-order valence-electron chi connectivity index (χ4n) is 4.55. The van der Waals surface area contributed by atoms with Gasteiger partial charge < -0.3 is 4.74 Å². The van der Waals surface area contributed by atoms with Crippen molar-refractivity contribution in [3.05, 3.63) is 66.6 Å². The maximum absolute atomic E-state index is 6.51. The van der Waals surface area contributed by atoms with Gasteiger partial charge in [0.1, 0.15) is 6.10 Å². The molecule has 5 heterocycles. The predicted molar refractivity (Wildman–Crippen MR) is 102 cm³/mol. The lowest BCUT2D eigenvalue weighted by Gasteiger charge is -2.50. The molecule has 1 aromatic carbocycles. The summed E-state index contributed by atoms with van der Waals surface area (Å²) in [6, 6.07) is 15.0. The number of nitrogens with zero attached hydrogens (tertiary/aromatic N) is 3. The molecule has 6 rings (SSSR count). The molecule has 3 aliphatic heterocycles. The van der Waals surface area contributed by atoms with Crippen LogP contribution in [0.3, 0.4) is 0 Å². The molecular weight excluding hydrogens is 322 g/mol. The number of pyridine rings is 2. The molecule has 26 heavy (non-hydrogen) atoms. The third-order valence-electron chi connectivity index (χ3n) is 5.92. The lowest BCUT2D eigenvalue weighted by Crippen LogP contribution is -2.60. The molecule has 2 aromatic heterocycles. The van der Waals surface area contributed by atoms with Gasteiger partial charge in [-0.05, 0) is 55.3 Å². The van der Waals surface area contributed by atoms with Gasteiger partial charge in [-0.1, -0.05) is 30.3 Å². The summed E-state index contributed by atoms with van der Waals surface area (Å²) in [7, 11) is 0. The minimum Gasteiger partial charge on any atom is -0.472 e. The zero-order valence-corrected chi connectivity index (χ0v) is 14.8. The van der Waals surface area contributed by atoms with Gasteiger partial charge in [0.25, 0.3) is 0 Å². The second kappa shape index (κ2) is 6.69. The van der Waals surface area contributed by atoms with Crippen LogP contribution in [0.15, 0.2) is 61.1 Å². The number of benzene rings is 1. The minimum atomic E-state index is 0.200. The number of hydrogen-bond donors (Lipinski definition) is 0. The van der Waals surface area contributed by atoms with E-state index in [0.29, 0.717) is 12.0 Å². The van der Waals surface area contributed by atoms with Crippen molar-refractivity contribution in [3.63, 3.8) is 0 Å². The summed E-state index contributed by atoms with van der Waals surface area (Å²) in [5.74, 6) is 1.37. The van der Waals surface area contributed by atoms with Crippen LogP contribution in [0, 0.1) is 5.92 Å². The van der Waals surface area contributed by atoms with E-state index in [4.69, 9.17) is 4.74 Å². The normalized spacial score (nSPS) is 27.5. The molecule has 2 atom stereocenters. The Hall–Kier alpha value is -2.46. The van der Waals surface area contributed by atoms with Crippen molar-refractivity contribution in [1.29, 1.82) is 0 Å². The molecule has 0 aliphatic carbocycles. The van der Waals surface area contributed by atoms with Gasteiger partial charge in [-0.3, -0.25) is 9.88 Å². The van der Waals surface area contributed by atoms with Crippen LogP contribution in [0.1, 0.15) is 18.4 Å². The van der Waals surface area contributed by atoms with Gasteiger partial charge >= 0.3 is 0 Å². The first kappa shape index (κ1) is 15.8. The molecule has 132 valence electrons. The first-order chi connectivity index (χ1) is 12.9. The van der Waals surface area contributed by atoms with Gasteiger partial charge in [-0.2, -0.15) is 0 Å². The Kier molecular flexibility index (Phi) is 4.06. The Bertz CT molecular complexity index is 890. The number of hydrogen-bond acceptors (Lipinski definition) is 4. The molecule has 0 spiro atoms. The maximum atomic E-state index is 6.51. The molecule has 3 aliphatic rings. The predicted octanol–water partition coefficient (Wildman–Crippen LogP) is 3.71. The summed E-state index contributed by atoms with van der Waals surface area (Å²) in [5.41, 5.74) is 1.28. The highest BCUT2D eigenvalue weighted by molar-refractivity contribution is 5.82. The Balaban J connectivity index is 1.42. The molecule has 0 N–H and O–H groups in total. The van der Waals surface area contributed by atoms with Crippen molar-refractivity contribution in [2.24, 2.45) is 5.92 Å². The summed E-state index contributed by atoms with van der Waals surface area (Å²) in [6.45, 7) is 2.36. The average molecular weight is 345 g/mol. The van der Waals surface area contributed by atoms with E-state index in [9.17, 15) is 0 Å². The Morgan fingerprint density at radius 2 is 1.85 bits per heavy atom. The van der Waals surface area contributed by atoms with Crippen LogP contribution in [-0.4, -0.2) is 40.1 Å². The van der Waals surface area contributed by atoms with Crippen molar-refractivity contribution in [2.75, 3.05) is 13.1 Å². The van der Waals surface area contributed by atoms with Gasteiger partial charge in [0.2, 0.25) is 5.88 Å². The number of aromatic nitrogens is 2. The van der Waals surface area contributed by atoms with E-state index >= 15 is 0 Å². The SMILES string of the molecule is c1cncc(CC2C(Oc3cc4ccccc4cn3)C3CCN2CC3)c1. The molecule has 4 heteroatoms. The zero-order chi connectivity index (χ0) is 17.3. The van der Waals surface area contributed by atoms with Crippen LogP contribution >= 0.6 is 0 Å². The molecule has 2 unspecified atom stereocenters. The fraction of sp³-hybridized carbons (Fsp3) is 0.364. The van der Waals surface area contributed by atoms with Gasteiger partial charge in [0, 0.05) is 30.0 Å². The van der Waals surface area contributed by atoms with Crippen LogP contribution < -0.4 is 4.74 Å². The summed E-state index contributed by atoms with van der Waals surface area (Å²) >= 11 is 0. The van der Waals surface area contributed by atoms with Crippen LogP contribution in [-0.2, 0) is 6.42 Å². The third-order valence-corrected chi connectivity index (χ3v) is 5.92. The first-order valence-electron chi connectivity index (χ1n) is 9.51. The zero-order valence-electron chi connectivity index (χ0n) is 14.8. The molecule has 4 nitrogen and oxygen atoms in total. The van der Waals surface area contributed by atoms with Crippen LogP contribution in [0.4, 0.5) is 0 Å². The van der Waals surface area contributed by atoms with Gasteiger partial charge in [0.05, 0.1) is 6.04 Å². The van der Waals surface area contributed by atoms with Crippen molar-refractivity contribution >= 4 is 10.8 Å². The van der Waals surface area contributed by atoms with Crippen molar-refractivity contribution < 1.29 is 4.74 Å². The molecule has 3 aromatic rings. The summed E-state index contributed by atoms with van der Waals surface area (Å²) in [6.07, 6.45) is 9.37. The Morgan fingerprint density at radius 3 is 2.65 bits per heavy atom. The van der Waals surface area contributed by atoms with Crippen molar-refractivity contribution in [3.8, 4) is 5.88 Å². The molecule has 3 fully saturated rings. The smallest absolute Gasteiger partial charge is 0.214 e. The van der Waals surface area contributed by atoms with Crippen LogP contribution in [0.2, 0.25) is 0 Å². The van der Waals surface area contributed by atoms with Gasteiger partial charge in [-0.25, -0.2) is 4.98 Å². The number of rotatable bonds is 4. The van der Waals surface area contributed by atoms with E-state index in [1.54, 1.807) is 0 Å². The Morgan fingerprint density at radius 1 is 1.00 bits per heavy atom. The summed E-state index contributed by atoms with van der Waals surface area (Å²) in [5, 5.41) is 2.34. The van der Waals surface area contributed by atoms with E-state index in [1.165, 1.54) is 36.9 Å². The number of ether oxygens (including phenoxy) is 1. The van der Waals surface area contributed by atoms with E-state index in [1.807, 2.05) is 30.7 Å². The third kappa shape index (κ3) is 2.95. The number of fused-ring (bicyclic) bond motifs is 4. The molecule has 0 saturated carbocycles. The molecule has 0 amide bonds. The highest BCUT2D eigenvalue weighted by atomic mass is 16.5. The first-order valence-corrected chi connectivity index (χ1v) is 9.51. The minimum absolute atomic E-state index is 0.200. The molecule has 0 radical (unpaired) electrons. The molecular formula is C22H23N3O. The van der Waals surface area contributed by atoms with Crippen LogP contribution in [0.25, 0.3) is 10.8 Å². The second-order valence-electron chi connectivity index (χ2n) is 7.46. The monoisotopic (exact) mass is 345 g/mol. The lowest BCUT2D eigenvalue weighted by atomic mass is 9.78. The van der Waals surface area contributed by atoms with Crippen LogP contribution in [0.5, 0.6) is 5.88 Å². The Labute approximate surface area is 153 Å². The molecule has 3 saturated heterocycles. The van der Waals surface area contributed by atoms with E-state index in [-0.39, 0.29) is 6.10 Å². The lowest BCUT2D eigenvalue weighted by molar-refractivity contribution is -0.0595. The maximum Gasteiger partial charge on any atom is 0.214 e. The standard InChI is InChI=1S/C22H23N3O/c1-2-6-19-15-24-21(13-18(19)5-1)26-22-17-7-10-25(11-8-17)20(22)12-16-4-3-9-23-14-16/h1-6,9,13-15,17,20,22H,7-8,10-12H2. The fourth-order valence-corrected chi connectivity index (χ4v) is 4.55. The van der Waals surface area contributed by atoms with E-state index in [0.717, 1.165) is 17.7 Å². The van der Waals surface area contributed by atoms with Crippen molar-refractivity contribution in [1.82, 2.24) is 14.9 Å². The largest absolute Gasteiger partial charge is 0.472 e. The van der Waals surface area contributed by atoms with E-state index in [2.05, 4.69) is 45.2 Å². The molecule has 2 bridgehead atoms. The second-order valence-corrected chi connectivity index (χ2v) is 7.46. The summed E-state index contributed by atoms with van der Waals surface area (Å²) < 4.78 is 6.51. The van der Waals surface area contributed by atoms with Gasteiger partial charge in [-0.15, -0.1) is 0 Å². The average Bonchev–Trinajstić information content (AvgIpc) is 2.71. The number of piperidine rings is 3. The summed E-state index contributed by atoms with van der Waals surface area (Å²) in [4.78, 5) is 11.5. The highest BCUT2D eigenvalue weighted by Crippen LogP contribution is 2.36. The topological polar surface area (TPSA) is 38.3 Å². The van der Waals surface area contributed by atoms with Gasteiger partial charge in [0.15, 0.2) is 0 Å². The van der Waals surface area contributed by atoms with E-state index < -0.39 is 0 Å². The quantitative estimate of drug-likeness (QED) is 0.722. The highest BCUT2D eigenvalue weighted by Gasteiger charge is 2.43.